The summed E-state index contributed by atoms with van der Waals surface area (Å²) in [5.41, 5.74) is 0.344. The number of aliphatic carboxylic acids is 1. The van der Waals surface area contributed by atoms with Gasteiger partial charge in [-0.2, -0.15) is 0 Å². The van der Waals surface area contributed by atoms with Gasteiger partial charge in [0, 0.05) is 10.6 Å². The molecule has 0 saturated carbocycles. The SMILES string of the molecule is CC(NC(=O)CN1C(=O)/C(=C/c2cc(Cl)ccc2O)SC1=S)C(=O)O. The summed E-state index contributed by atoms with van der Waals surface area (Å²) < 4.78 is 0.163. The molecule has 0 aliphatic carbocycles. The van der Waals surface area contributed by atoms with E-state index in [2.05, 4.69) is 5.32 Å². The summed E-state index contributed by atoms with van der Waals surface area (Å²) in [6.45, 7) is 0.924. The Labute approximate surface area is 157 Å². The molecule has 132 valence electrons. The van der Waals surface area contributed by atoms with Crippen molar-refractivity contribution in [2.75, 3.05) is 6.54 Å². The van der Waals surface area contributed by atoms with E-state index in [-0.39, 0.29) is 21.5 Å². The number of thiocarbonyl (C=S) groups is 1. The van der Waals surface area contributed by atoms with E-state index < -0.39 is 23.8 Å². The van der Waals surface area contributed by atoms with E-state index in [1.165, 1.54) is 31.2 Å². The molecule has 1 saturated heterocycles. The maximum Gasteiger partial charge on any atom is 0.325 e. The molecule has 0 radical (unpaired) electrons. The first-order valence-electron chi connectivity index (χ1n) is 6.95. The first-order valence-corrected chi connectivity index (χ1v) is 8.55. The Balaban J connectivity index is 2.14. The largest absolute Gasteiger partial charge is 0.507 e. The molecular formula is C15H13ClN2O5S2. The number of amides is 2. The lowest BCUT2D eigenvalue weighted by Crippen LogP contribution is -2.45. The molecular weight excluding hydrogens is 388 g/mol. The fraction of sp³-hybridized carbons (Fsp3) is 0.200. The first kappa shape index (κ1) is 19.2. The lowest BCUT2D eigenvalue weighted by atomic mass is 10.2. The van der Waals surface area contributed by atoms with Crippen LogP contribution in [0.25, 0.3) is 6.08 Å². The van der Waals surface area contributed by atoms with Crippen molar-refractivity contribution < 1.29 is 24.6 Å². The highest BCUT2D eigenvalue weighted by atomic mass is 35.5. The smallest absolute Gasteiger partial charge is 0.325 e. The fourth-order valence-electron chi connectivity index (χ4n) is 1.91. The molecule has 1 unspecified atom stereocenters. The molecule has 1 fully saturated rings. The monoisotopic (exact) mass is 400 g/mol. The summed E-state index contributed by atoms with van der Waals surface area (Å²) in [5.74, 6) is -2.39. The minimum atomic E-state index is -1.19. The number of phenols is 1. The Morgan fingerprint density at radius 1 is 1.48 bits per heavy atom. The number of carbonyl (C=O) groups is 3. The lowest BCUT2D eigenvalue weighted by Gasteiger charge is -2.15. The number of aromatic hydroxyl groups is 1. The third kappa shape index (κ3) is 4.71. The molecule has 2 rings (SSSR count). The molecule has 7 nitrogen and oxygen atoms in total. The van der Waals surface area contributed by atoms with Gasteiger partial charge in [-0.15, -0.1) is 0 Å². The van der Waals surface area contributed by atoms with E-state index in [0.29, 0.717) is 10.6 Å². The summed E-state index contributed by atoms with van der Waals surface area (Å²) >= 11 is 11.9. The van der Waals surface area contributed by atoms with Crippen LogP contribution in [-0.4, -0.2) is 49.8 Å². The van der Waals surface area contributed by atoms with E-state index in [0.717, 1.165) is 16.7 Å². The van der Waals surface area contributed by atoms with Gasteiger partial charge in [-0.3, -0.25) is 19.3 Å². The Morgan fingerprint density at radius 2 is 2.16 bits per heavy atom. The Kier molecular flexibility index (Phi) is 6.04. The first-order chi connectivity index (χ1) is 11.7. The Hall–Kier alpha value is -2.10. The minimum absolute atomic E-state index is 0.0531. The van der Waals surface area contributed by atoms with E-state index >= 15 is 0 Å². The van der Waals surface area contributed by atoms with Gasteiger partial charge < -0.3 is 15.5 Å². The lowest BCUT2D eigenvalue weighted by molar-refractivity contribution is -0.141. The van der Waals surface area contributed by atoms with Crippen LogP contribution in [-0.2, 0) is 14.4 Å². The quantitative estimate of drug-likeness (QED) is 0.511. The number of rotatable bonds is 5. The average Bonchev–Trinajstić information content (AvgIpc) is 2.78. The number of nitrogens with zero attached hydrogens (tertiary/aromatic N) is 1. The summed E-state index contributed by atoms with van der Waals surface area (Å²) in [5, 5.41) is 21.2. The zero-order valence-corrected chi connectivity index (χ0v) is 15.2. The van der Waals surface area contributed by atoms with Crippen LogP contribution >= 0.6 is 35.6 Å². The molecule has 25 heavy (non-hydrogen) atoms. The number of carboxylic acids is 1. The summed E-state index contributed by atoms with van der Waals surface area (Å²) in [4.78, 5) is 36.3. The minimum Gasteiger partial charge on any atom is -0.507 e. The molecule has 1 aromatic rings. The molecule has 2 amide bonds. The van der Waals surface area contributed by atoms with Gasteiger partial charge in [-0.05, 0) is 31.2 Å². The van der Waals surface area contributed by atoms with E-state index in [9.17, 15) is 19.5 Å². The predicted octanol–water partition coefficient (Wildman–Crippen LogP) is 1.84. The molecule has 3 N–H and O–H groups in total. The van der Waals surface area contributed by atoms with E-state index in [1.54, 1.807) is 0 Å². The zero-order valence-electron chi connectivity index (χ0n) is 12.9. The number of nitrogens with one attached hydrogen (secondary N) is 1. The number of carbonyl (C=O) groups excluding carboxylic acids is 2. The number of carboxylic acid groups (broad SMARTS) is 1. The maximum atomic E-state index is 12.4. The molecule has 0 spiro atoms. The van der Waals surface area contributed by atoms with Crippen LogP contribution in [0.3, 0.4) is 0 Å². The van der Waals surface area contributed by atoms with Crippen LogP contribution in [0.5, 0.6) is 5.75 Å². The molecule has 1 atom stereocenters. The molecule has 0 aromatic heterocycles. The number of benzene rings is 1. The van der Waals surface area contributed by atoms with Crippen molar-refractivity contribution in [1.29, 1.82) is 0 Å². The van der Waals surface area contributed by atoms with Gasteiger partial charge in [0.25, 0.3) is 5.91 Å². The maximum absolute atomic E-state index is 12.4. The van der Waals surface area contributed by atoms with Crippen molar-refractivity contribution in [2.24, 2.45) is 0 Å². The highest BCUT2D eigenvalue weighted by Gasteiger charge is 2.34. The van der Waals surface area contributed by atoms with Crippen LogP contribution in [0.1, 0.15) is 12.5 Å². The second-order valence-corrected chi connectivity index (χ2v) is 7.21. The van der Waals surface area contributed by atoms with Gasteiger partial charge >= 0.3 is 5.97 Å². The van der Waals surface area contributed by atoms with Gasteiger partial charge in [0.05, 0.1) is 4.91 Å². The number of phenolic OH excluding ortho intramolecular Hbond substituents is 1. The second-order valence-electron chi connectivity index (χ2n) is 5.10. The topological polar surface area (TPSA) is 107 Å². The van der Waals surface area contributed by atoms with Crippen molar-refractivity contribution in [2.45, 2.75) is 13.0 Å². The third-order valence-corrected chi connectivity index (χ3v) is 4.81. The molecule has 1 heterocycles. The van der Waals surface area contributed by atoms with Crippen LogP contribution in [0, 0.1) is 0 Å². The van der Waals surface area contributed by atoms with Gasteiger partial charge in [0.15, 0.2) is 0 Å². The van der Waals surface area contributed by atoms with Crippen molar-refractivity contribution in [1.82, 2.24) is 10.2 Å². The van der Waals surface area contributed by atoms with Crippen LogP contribution in [0.2, 0.25) is 5.02 Å². The van der Waals surface area contributed by atoms with Crippen molar-refractivity contribution in [3.63, 3.8) is 0 Å². The summed E-state index contributed by atoms with van der Waals surface area (Å²) in [7, 11) is 0. The third-order valence-electron chi connectivity index (χ3n) is 3.20. The van der Waals surface area contributed by atoms with Crippen LogP contribution in [0.15, 0.2) is 23.1 Å². The molecule has 1 aliphatic heterocycles. The Bertz CT molecular complexity index is 796. The van der Waals surface area contributed by atoms with Crippen molar-refractivity contribution in [3.05, 3.63) is 33.7 Å². The summed E-state index contributed by atoms with van der Waals surface area (Å²) in [6, 6.07) is 3.32. The number of hydrogen-bond acceptors (Lipinski definition) is 6. The van der Waals surface area contributed by atoms with Crippen LogP contribution in [0.4, 0.5) is 0 Å². The van der Waals surface area contributed by atoms with Crippen molar-refractivity contribution >= 4 is 63.8 Å². The number of halogens is 1. The zero-order chi connectivity index (χ0) is 18.7. The molecule has 1 aliphatic rings. The normalized spacial score (nSPS) is 17.0. The predicted molar refractivity (Wildman–Crippen MR) is 98.2 cm³/mol. The molecule has 0 bridgehead atoms. The standard InChI is InChI=1S/C15H13ClN2O5S2/c1-7(14(22)23)17-12(20)6-18-13(21)11(25-15(18)24)5-8-4-9(16)2-3-10(8)19/h2-5,7,19H,6H2,1H3,(H,17,20)(H,22,23)/b11-5-. The van der Waals surface area contributed by atoms with E-state index in [4.69, 9.17) is 28.9 Å². The highest BCUT2D eigenvalue weighted by molar-refractivity contribution is 8.26. The van der Waals surface area contributed by atoms with E-state index in [1.807, 2.05) is 0 Å². The van der Waals surface area contributed by atoms with Gasteiger partial charge in [-0.1, -0.05) is 35.6 Å². The van der Waals surface area contributed by atoms with Gasteiger partial charge in [0.1, 0.15) is 22.7 Å². The van der Waals surface area contributed by atoms with Gasteiger partial charge in [-0.25, -0.2) is 0 Å². The second kappa shape index (κ2) is 7.85. The van der Waals surface area contributed by atoms with Crippen LogP contribution < -0.4 is 5.32 Å². The highest BCUT2D eigenvalue weighted by Crippen LogP contribution is 2.34. The number of thioether (sulfide) groups is 1. The molecule has 1 aromatic carbocycles. The summed E-state index contributed by atoms with van der Waals surface area (Å²) in [6.07, 6.45) is 1.43. The Morgan fingerprint density at radius 3 is 2.80 bits per heavy atom. The average molecular weight is 401 g/mol. The molecule has 10 heteroatoms. The number of hydrogen-bond donors (Lipinski definition) is 3. The van der Waals surface area contributed by atoms with Gasteiger partial charge in [0.2, 0.25) is 5.91 Å². The van der Waals surface area contributed by atoms with Crippen molar-refractivity contribution in [3.8, 4) is 5.75 Å². The fourth-order valence-corrected chi connectivity index (χ4v) is 3.34.